The third-order valence-electron chi connectivity index (χ3n) is 3.76. The van der Waals surface area contributed by atoms with Crippen LogP contribution < -0.4 is 20.1 Å². The Hall–Kier alpha value is -2.74. The van der Waals surface area contributed by atoms with Crippen molar-refractivity contribution in [3.63, 3.8) is 0 Å². The van der Waals surface area contributed by atoms with Crippen LogP contribution in [0.4, 0.5) is 5.69 Å². The second-order valence-corrected chi connectivity index (χ2v) is 7.78. The highest BCUT2D eigenvalue weighted by Gasteiger charge is 2.08. The van der Waals surface area contributed by atoms with E-state index in [2.05, 4.69) is 15.6 Å². The van der Waals surface area contributed by atoms with E-state index in [1.165, 1.54) is 6.26 Å². The maximum absolute atomic E-state index is 11.5. The lowest BCUT2D eigenvalue weighted by Crippen LogP contribution is -2.30. The van der Waals surface area contributed by atoms with E-state index >= 15 is 0 Å². The monoisotopic (exact) mass is 391 g/mol. The molecule has 0 bridgehead atoms. The molecule has 0 radical (unpaired) electrons. The minimum Gasteiger partial charge on any atom is -0.493 e. The van der Waals surface area contributed by atoms with Crippen LogP contribution in [0.2, 0.25) is 0 Å². The molecule has 0 spiro atoms. The molecule has 2 N–H and O–H groups in total. The highest BCUT2D eigenvalue weighted by Crippen LogP contribution is 2.30. The summed E-state index contributed by atoms with van der Waals surface area (Å²) in [4.78, 5) is 4.50. The van der Waals surface area contributed by atoms with Crippen LogP contribution in [-0.4, -0.2) is 41.4 Å². The van der Waals surface area contributed by atoms with Gasteiger partial charge in [-0.05, 0) is 36.8 Å². The van der Waals surface area contributed by atoms with Crippen LogP contribution in [0.5, 0.6) is 11.5 Å². The Labute approximate surface area is 160 Å². The number of hydrogen-bond acceptors (Lipinski definition) is 5. The molecule has 146 valence electrons. The summed E-state index contributed by atoms with van der Waals surface area (Å²) in [6.07, 6.45) is 1.19. The van der Waals surface area contributed by atoms with Crippen LogP contribution >= 0.6 is 0 Å². The quantitative estimate of drug-likeness (QED) is 0.557. The van der Waals surface area contributed by atoms with Gasteiger partial charge in [-0.15, -0.1) is 0 Å². The van der Waals surface area contributed by atoms with Crippen molar-refractivity contribution in [1.82, 2.24) is 5.32 Å². The highest BCUT2D eigenvalue weighted by molar-refractivity contribution is 7.90. The first kappa shape index (κ1) is 20.6. The number of anilines is 1. The van der Waals surface area contributed by atoms with Gasteiger partial charge in [-0.25, -0.2) is 8.42 Å². The Morgan fingerprint density at radius 2 is 1.81 bits per heavy atom. The summed E-state index contributed by atoms with van der Waals surface area (Å²) in [7, 11) is 0.0839. The van der Waals surface area contributed by atoms with E-state index in [0.29, 0.717) is 35.5 Å². The number of sulfone groups is 1. The number of rotatable bonds is 7. The maximum Gasteiger partial charge on any atom is 0.195 e. The van der Waals surface area contributed by atoms with Gasteiger partial charge in [-0.2, -0.15) is 0 Å². The lowest BCUT2D eigenvalue weighted by molar-refractivity contribution is 0.311. The lowest BCUT2D eigenvalue weighted by atomic mass is 10.2. The van der Waals surface area contributed by atoms with Gasteiger partial charge in [0.15, 0.2) is 27.3 Å². The number of benzene rings is 2. The SMILES string of the molecule is CCOc1cc(NC(=NC)NCc2ccc(S(C)(=O)=O)cc2)ccc1OC. The third-order valence-corrected chi connectivity index (χ3v) is 4.89. The van der Waals surface area contributed by atoms with Crippen molar-refractivity contribution in [2.45, 2.75) is 18.4 Å². The number of nitrogens with one attached hydrogen (secondary N) is 2. The van der Waals surface area contributed by atoms with Crippen LogP contribution in [0.3, 0.4) is 0 Å². The number of methoxy groups -OCH3 is 1. The van der Waals surface area contributed by atoms with Crippen LogP contribution in [0.15, 0.2) is 52.4 Å². The minimum atomic E-state index is -3.19. The lowest BCUT2D eigenvalue weighted by Gasteiger charge is -2.15. The van der Waals surface area contributed by atoms with Gasteiger partial charge in [0.25, 0.3) is 0 Å². The van der Waals surface area contributed by atoms with Gasteiger partial charge in [-0.1, -0.05) is 12.1 Å². The molecule has 7 nitrogen and oxygen atoms in total. The van der Waals surface area contributed by atoms with Crippen molar-refractivity contribution in [2.24, 2.45) is 4.99 Å². The molecular weight excluding hydrogens is 366 g/mol. The van der Waals surface area contributed by atoms with Crippen molar-refractivity contribution < 1.29 is 17.9 Å². The van der Waals surface area contributed by atoms with Gasteiger partial charge in [-0.3, -0.25) is 4.99 Å². The molecule has 0 saturated heterocycles. The van der Waals surface area contributed by atoms with E-state index in [9.17, 15) is 8.42 Å². The van der Waals surface area contributed by atoms with E-state index in [-0.39, 0.29) is 0 Å². The molecule has 2 aromatic rings. The number of nitrogens with zero attached hydrogens (tertiary/aromatic N) is 1. The van der Waals surface area contributed by atoms with Crippen molar-refractivity contribution in [3.05, 3.63) is 48.0 Å². The summed E-state index contributed by atoms with van der Waals surface area (Å²) >= 11 is 0. The molecule has 0 unspecified atom stereocenters. The summed E-state index contributed by atoms with van der Waals surface area (Å²) in [5, 5.41) is 6.38. The van der Waals surface area contributed by atoms with Crippen molar-refractivity contribution in [2.75, 3.05) is 32.3 Å². The summed E-state index contributed by atoms with van der Waals surface area (Å²) in [5.74, 6) is 1.89. The first-order valence-electron chi connectivity index (χ1n) is 8.45. The van der Waals surface area contributed by atoms with E-state index < -0.39 is 9.84 Å². The number of guanidine groups is 1. The zero-order valence-corrected chi connectivity index (χ0v) is 16.8. The van der Waals surface area contributed by atoms with E-state index in [0.717, 1.165) is 11.3 Å². The summed E-state index contributed by atoms with van der Waals surface area (Å²) < 4.78 is 33.9. The fraction of sp³-hybridized carbons (Fsp3) is 0.316. The first-order chi connectivity index (χ1) is 12.9. The fourth-order valence-electron chi connectivity index (χ4n) is 2.38. The molecule has 0 heterocycles. The number of aliphatic imine (C=N–C) groups is 1. The normalized spacial score (nSPS) is 11.8. The standard InChI is InChI=1S/C19H25N3O4S/c1-5-26-18-12-15(8-11-17(18)25-3)22-19(20-2)21-13-14-6-9-16(10-7-14)27(4,23)24/h6-12H,5,13H2,1-4H3,(H2,20,21,22). The second-order valence-electron chi connectivity index (χ2n) is 5.77. The van der Waals surface area contributed by atoms with Crippen molar-refractivity contribution >= 4 is 21.5 Å². The summed E-state index contributed by atoms with van der Waals surface area (Å²) in [6, 6.07) is 12.3. The molecule has 0 atom stereocenters. The van der Waals surface area contributed by atoms with Gasteiger partial charge in [0, 0.05) is 31.6 Å². The molecule has 2 rings (SSSR count). The zero-order valence-electron chi connectivity index (χ0n) is 15.9. The average molecular weight is 391 g/mol. The predicted octanol–water partition coefficient (Wildman–Crippen LogP) is 2.68. The van der Waals surface area contributed by atoms with Gasteiger partial charge in [0.2, 0.25) is 0 Å². The molecule has 2 aromatic carbocycles. The molecule has 0 aliphatic carbocycles. The molecule has 0 aromatic heterocycles. The van der Waals surface area contributed by atoms with E-state index in [1.54, 1.807) is 38.4 Å². The Bertz CT molecular complexity index is 894. The van der Waals surface area contributed by atoms with Crippen LogP contribution in [0.25, 0.3) is 0 Å². The molecule has 0 aliphatic rings. The van der Waals surface area contributed by atoms with Crippen molar-refractivity contribution in [3.8, 4) is 11.5 Å². The van der Waals surface area contributed by atoms with Crippen LogP contribution in [0, 0.1) is 0 Å². The van der Waals surface area contributed by atoms with Gasteiger partial charge in [0.1, 0.15) is 0 Å². The molecule has 0 fully saturated rings. The minimum absolute atomic E-state index is 0.301. The Morgan fingerprint density at radius 3 is 2.37 bits per heavy atom. The van der Waals surface area contributed by atoms with E-state index in [1.807, 2.05) is 25.1 Å². The molecule has 0 aliphatic heterocycles. The number of ether oxygens (including phenoxy) is 2. The molecule has 0 amide bonds. The van der Waals surface area contributed by atoms with E-state index in [4.69, 9.17) is 9.47 Å². The molecule has 0 saturated carbocycles. The fourth-order valence-corrected chi connectivity index (χ4v) is 3.01. The Balaban J connectivity index is 2.03. The van der Waals surface area contributed by atoms with Crippen LogP contribution in [-0.2, 0) is 16.4 Å². The van der Waals surface area contributed by atoms with Gasteiger partial charge in [0.05, 0.1) is 18.6 Å². The summed E-state index contributed by atoms with van der Waals surface area (Å²) in [6.45, 7) is 2.95. The van der Waals surface area contributed by atoms with Gasteiger partial charge >= 0.3 is 0 Å². The molecule has 8 heteroatoms. The summed E-state index contributed by atoms with van der Waals surface area (Å²) in [5.41, 5.74) is 1.75. The third kappa shape index (κ3) is 5.89. The average Bonchev–Trinajstić information content (AvgIpc) is 2.65. The predicted molar refractivity (Wildman–Crippen MR) is 108 cm³/mol. The number of hydrogen-bond donors (Lipinski definition) is 2. The second kappa shape index (κ2) is 9.27. The maximum atomic E-state index is 11.5. The van der Waals surface area contributed by atoms with Gasteiger partial charge < -0.3 is 20.1 Å². The van der Waals surface area contributed by atoms with Crippen molar-refractivity contribution in [1.29, 1.82) is 0 Å². The Kier molecular flexibility index (Phi) is 7.06. The molecular formula is C19H25N3O4S. The molecule has 27 heavy (non-hydrogen) atoms. The first-order valence-corrected chi connectivity index (χ1v) is 10.3. The topological polar surface area (TPSA) is 89.0 Å². The largest absolute Gasteiger partial charge is 0.493 e. The Morgan fingerprint density at radius 1 is 1.11 bits per heavy atom. The highest BCUT2D eigenvalue weighted by atomic mass is 32.2. The van der Waals surface area contributed by atoms with Crippen LogP contribution in [0.1, 0.15) is 12.5 Å². The smallest absolute Gasteiger partial charge is 0.195 e. The zero-order chi connectivity index (χ0) is 19.9.